The number of hydrogen-bond donors (Lipinski definition) is 2. The normalized spacial score (nSPS) is 16.1. The van der Waals surface area contributed by atoms with Crippen molar-refractivity contribution in [2.45, 2.75) is 62.0 Å². The largest absolute Gasteiger partial charge is 0.480 e. The van der Waals surface area contributed by atoms with Crippen LogP contribution in [-0.4, -0.2) is 60.3 Å². The van der Waals surface area contributed by atoms with Gasteiger partial charge in [0.1, 0.15) is 28.8 Å². The molecule has 0 aliphatic heterocycles. The van der Waals surface area contributed by atoms with Crippen molar-refractivity contribution in [3.8, 4) is 0 Å². The molecule has 1 amide bonds. The third-order valence-electron chi connectivity index (χ3n) is 9.99. The number of fused-ring (bicyclic) bond motifs is 6. The zero-order valence-electron chi connectivity index (χ0n) is 28.6. The highest BCUT2D eigenvalue weighted by molar-refractivity contribution is 5.97. The summed E-state index contributed by atoms with van der Waals surface area (Å²) < 4.78 is 104. The molecule has 2 aliphatic rings. The predicted molar refractivity (Wildman–Crippen MR) is 182 cm³/mol. The molecule has 2 saturated carbocycles. The highest BCUT2D eigenvalue weighted by Crippen LogP contribution is 2.42. The van der Waals surface area contributed by atoms with Gasteiger partial charge >= 0.3 is 18.3 Å². The van der Waals surface area contributed by atoms with Crippen LogP contribution in [0.3, 0.4) is 0 Å². The number of carbonyl (C=O) groups is 2. The van der Waals surface area contributed by atoms with E-state index in [0.717, 1.165) is 12.1 Å². The SMILES string of the molecule is O=C(O)C(C(C(=O)Nc1ccc(F)cn1)n1c(=O)c2ccc(C3CC3)nc2n2ncc(C(F)(F)F)c12)n1c(=O)c2ccc(C3CC3)nc2n2ncc(C(F)(F)F)c12. The van der Waals surface area contributed by atoms with Gasteiger partial charge in [-0.3, -0.25) is 23.5 Å². The molecule has 7 aromatic heterocycles. The molecular formula is C35H23F7N10O5. The van der Waals surface area contributed by atoms with E-state index >= 15 is 0 Å². The van der Waals surface area contributed by atoms with Crippen molar-refractivity contribution in [2.75, 3.05) is 5.32 Å². The van der Waals surface area contributed by atoms with Crippen LogP contribution in [0.5, 0.6) is 0 Å². The summed E-state index contributed by atoms with van der Waals surface area (Å²) in [5.41, 5.74) is -8.66. The summed E-state index contributed by atoms with van der Waals surface area (Å²) in [6.07, 6.45) is -6.62. The lowest BCUT2D eigenvalue weighted by Gasteiger charge is -2.29. The van der Waals surface area contributed by atoms with Gasteiger partial charge in [0.2, 0.25) is 0 Å². The van der Waals surface area contributed by atoms with E-state index < -0.39 is 104 Å². The van der Waals surface area contributed by atoms with Crippen LogP contribution in [0.2, 0.25) is 0 Å². The summed E-state index contributed by atoms with van der Waals surface area (Å²) in [5, 5.41) is 19.8. The number of halogens is 7. The summed E-state index contributed by atoms with van der Waals surface area (Å²) in [6.45, 7) is 0. The molecule has 22 heteroatoms. The Hall–Kier alpha value is -6.74. The van der Waals surface area contributed by atoms with Crippen LogP contribution in [0.25, 0.3) is 33.4 Å². The number of nitrogens with one attached hydrogen (secondary N) is 1. The minimum Gasteiger partial charge on any atom is -0.480 e. The van der Waals surface area contributed by atoms with E-state index in [1.807, 2.05) is 0 Å². The molecule has 9 rings (SSSR count). The average molecular weight is 797 g/mol. The summed E-state index contributed by atoms with van der Waals surface area (Å²) in [4.78, 5) is 69.8. The summed E-state index contributed by atoms with van der Waals surface area (Å²) >= 11 is 0. The molecule has 0 bridgehead atoms. The van der Waals surface area contributed by atoms with Crippen molar-refractivity contribution in [1.82, 2.24) is 43.3 Å². The molecule has 2 fully saturated rings. The maximum absolute atomic E-state index is 14.8. The van der Waals surface area contributed by atoms with Gasteiger partial charge in [0, 0.05) is 23.2 Å². The van der Waals surface area contributed by atoms with Crippen molar-refractivity contribution in [3.05, 3.63) is 104 Å². The van der Waals surface area contributed by atoms with Gasteiger partial charge in [0.25, 0.3) is 17.0 Å². The molecule has 0 radical (unpaired) electrons. The molecule has 2 aliphatic carbocycles. The standard InChI is InChI=1S/C35H23F7N10O5/c36-16-5-10-23(43-11-16)48-28(53)24(49-29-19(34(37,38)39)12-44-51(29)26-17(31(49)54)6-8-21(46-26)14-1-2-14)25(33(56)57)50-30-20(35(40,41)42)13-45-52(30)27-18(32(50)55)7-9-22(47-27)15-3-4-15/h5-15,24-25H,1-4H2,(H,56,57)(H,43,48,53). The van der Waals surface area contributed by atoms with Crippen LogP contribution < -0.4 is 16.4 Å². The van der Waals surface area contributed by atoms with E-state index in [1.165, 1.54) is 24.3 Å². The number of amides is 1. The van der Waals surface area contributed by atoms with E-state index in [1.54, 1.807) is 0 Å². The molecule has 0 aromatic carbocycles. The van der Waals surface area contributed by atoms with E-state index in [2.05, 4.69) is 30.5 Å². The van der Waals surface area contributed by atoms with Crippen molar-refractivity contribution in [3.63, 3.8) is 0 Å². The maximum Gasteiger partial charge on any atom is 0.421 e. The number of hydrogen-bond acceptors (Lipinski definition) is 9. The average Bonchev–Trinajstić information content (AvgIpc) is 4.09. The van der Waals surface area contributed by atoms with E-state index in [0.29, 0.717) is 64.7 Å². The first-order valence-corrected chi connectivity index (χ1v) is 17.2. The molecule has 292 valence electrons. The van der Waals surface area contributed by atoms with Crippen molar-refractivity contribution in [2.24, 2.45) is 0 Å². The number of anilines is 1. The zero-order valence-corrected chi connectivity index (χ0v) is 28.6. The Kier molecular flexibility index (Phi) is 7.80. The predicted octanol–water partition coefficient (Wildman–Crippen LogP) is 5.23. The summed E-state index contributed by atoms with van der Waals surface area (Å²) in [6, 6.07) is 1.12. The lowest BCUT2D eigenvalue weighted by Crippen LogP contribution is -2.46. The van der Waals surface area contributed by atoms with Crippen LogP contribution in [0, 0.1) is 5.82 Å². The fourth-order valence-electron chi connectivity index (χ4n) is 7.06. The monoisotopic (exact) mass is 796 g/mol. The highest BCUT2D eigenvalue weighted by atomic mass is 19.4. The van der Waals surface area contributed by atoms with Crippen LogP contribution >= 0.6 is 0 Å². The number of nitrogens with zero attached hydrogens (tertiary/aromatic N) is 9. The molecule has 2 N–H and O–H groups in total. The van der Waals surface area contributed by atoms with Crippen molar-refractivity contribution < 1.29 is 45.4 Å². The minimum atomic E-state index is -5.33. The fraction of sp³-hybridized carbons (Fsp3) is 0.286. The lowest BCUT2D eigenvalue weighted by atomic mass is 10.0. The maximum atomic E-state index is 14.8. The Morgan fingerprint density at radius 3 is 1.58 bits per heavy atom. The van der Waals surface area contributed by atoms with Crippen LogP contribution in [0.4, 0.5) is 36.6 Å². The number of rotatable bonds is 8. The molecule has 7 heterocycles. The second-order valence-electron chi connectivity index (χ2n) is 13.8. The van der Waals surface area contributed by atoms with Gasteiger partial charge < -0.3 is 10.4 Å². The molecule has 0 spiro atoms. The van der Waals surface area contributed by atoms with Crippen LogP contribution in [0.15, 0.2) is 64.6 Å². The third kappa shape index (κ3) is 5.84. The van der Waals surface area contributed by atoms with E-state index in [9.17, 15) is 55.0 Å². The number of pyridine rings is 3. The lowest BCUT2D eigenvalue weighted by molar-refractivity contribution is -0.145. The molecule has 57 heavy (non-hydrogen) atoms. The first kappa shape index (κ1) is 35.9. The Balaban J connectivity index is 1.41. The summed E-state index contributed by atoms with van der Waals surface area (Å²) in [5.74, 6) is -5.42. The van der Waals surface area contributed by atoms with Gasteiger partial charge in [-0.2, -0.15) is 45.6 Å². The fourth-order valence-corrected chi connectivity index (χ4v) is 7.06. The van der Waals surface area contributed by atoms with Gasteiger partial charge in [-0.15, -0.1) is 0 Å². The van der Waals surface area contributed by atoms with Crippen molar-refractivity contribution >= 4 is 51.1 Å². The quantitative estimate of drug-likeness (QED) is 0.193. The zero-order chi connectivity index (χ0) is 40.3. The summed E-state index contributed by atoms with van der Waals surface area (Å²) in [7, 11) is 0. The molecule has 2 unspecified atom stereocenters. The number of alkyl halides is 6. The van der Waals surface area contributed by atoms with Gasteiger partial charge in [0.05, 0.1) is 29.4 Å². The molecule has 7 aromatic rings. The second kappa shape index (κ2) is 12.4. The molecule has 0 saturated heterocycles. The highest BCUT2D eigenvalue weighted by Gasteiger charge is 2.46. The van der Waals surface area contributed by atoms with Gasteiger partial charge in [-0.05, 0) is 62.1 Å². The Labute approximate surface area is 311 Å². The molecular weight excluding hydrogens is 773 g/mol. The molecule has 15 nitrogen and oxygen atoms in total. The van der Waals surface area contributed by atoms with Crippen molar-refractivity contribution in [1.29, 1.82) is 0 Å². The minimum absolute atomic E-state index is 0.0481. The third-order valence-corrected chi connectivity index (χ3v) is 9.99. The van der Waals surface area contributed by atoms with E-state index in [-0.39, 0.29) is 21.0 Å². The van der Waals surface area contributed by atoms with Gasteiger partial charge in [-0.1, -0.05) is 0 Å². The Morgan fingerprint density at radius 1 is 0.702 bits per heavy atom. The number of aliphatic carboxylic acids is 1. The van der Waals surface area contributed by atoms with Gasteiger partial charge in [0.15, 0.2) is 28.6 Å². The topological polar surface area (TPSA) is 184 Å². The van der Waals surface area contributed by atoms with Crippen LogP contribution in [-0.2, 0) is 21.9 Å². The number of carbonyl (C=O) groups excluding carboxylic acids is 1. The Morgan fingerprint density at radius 2 is 1.18 bits per heavy atom. The first-order valence-electron chi connectivity index (χ1n) is 17.2. The number of aromatic nitrogens is 9. The molecule has 2 atom stereocenters. The van der Waals surface area contributed by atoms with Gasteiger partial charge in [-0.25, -0.2) is 24.1 Å². The first-order chi connectivity index (χ1) is 27.0. The van der Waals surface area contributed by atoms with E-state index in [4.69, 9.17) is 0 Å². The number of carboxylic acid groups (broad SMARTS) is 1. The smallest absolute Gasteiger partial charge is 0.421 e. The number of carboxylic acids is 1. The second-order valence-corrected chi connectivity index (χ2v) is 13.8. The Bertz CT molecular complexity index is 2960. The van der Waals surface area contributed by atoms with Crippen LogP contribution in [0.1, 0.15) is 72.1 Å².